The monoisotopic (exact) mass is 678 g/mol. The molecule has 3 amide bonds. The largest absolute Gasteiger partial charge is 0.455 e. The lowest BCUT2D eigenvalue weighted by molar-refractivity contribution is -0.161. The van der Waals surface area contributed by atoms with Gasteiger partial charge in [0, 0.05) is 52.3 Å². The zero-order valence-corrected chi connectivity index (χ0v) is 28.4. The Labute approximate surface area is 288 Å². The van der Waals surface area contributed by atoms with Crippen LogP contribution < -0.4 is 5.32 Å². The molecule has 49 heavy (non-hydrogen) atoms. The van der Waals surface area contributed by atoms with Crippen molar-refractivity contribution < 1.29 is 38.5 Å². The van der Waals surface area contributed by atoms with Crippen molar-refractivity contribution in [2.75, 3.05) is 59.1 Å². The van der Waals surface area contributed by atoms with Gasteiger partial charge < -0.3 is 34.4 Å². The Bertz CT molecular complexity index is 1400. The van der Waals surface area contributed by atoms with Crippen LogP contribution in [0.25, 0.3) is 0 Å². The Morgan fingerprint density at radius 1 is 0.939 bits per heavy atom. The predicted octanol–water partition coefficient (Wildman–Crippen LogP) is 1.99. The van der Waals surface area contributed by atoms with Gasteiger partial charge in [-0.15, -0.1) is 0 Å². The highest BCUT2D eigenvalue weighted by molar-refractivity contribution is 5.99. The molecule has 3 saturated heterocycles. The van der Waals surface area contributed by atoms with Crippen molar-refractivity contribution in [1.29, 1.82) is 0 Å². The molecule has 0 unspecified atom stereocenters. The van der Waals surface area contributed by atoms with Gasteiger partial charge in [0.05, 0.1) is 31.3 Å². The van der Waals surface area contributed by atoms with Crippen molar-refractivity contribution in [2.24, 2.45) is 11.8 Å². The summed E-state index contributed by atoms with van der Waals surface area (Å²) in [6, 6.07) is 7.80. The van der Waals surface area contributed by atoms with Crippen LogP contribution in [0, 0.1) is 11.8 Å². The van der Waals surface area contributed by atoms with Gasteiger partial charge >= 0.3 is 5.97 Å². The lowest BCUT2D eigenvalue weighted by Gasteiger charge is -2.36. The minimum atomic E-state index is -1.37. The molecule has 1 aromatic carbocycles. The molecule has 3 fully saturated rings. The number of allylic oxidation sites excluding steroid dienone is 1. The van der Waals surface area contributed by atoms with Crippen molar-refractivity contribution >= 4 is 23.7 Å². The molecule has 6 rings (SSSR count). The lowest BCUT2D eigenvalue weighted by Crippen LogP contribution is -2.56. The first kappa shape index (κ1) is 35.3. The molecule has 7 atom stereocenters. The zero-order valence-electron chi connectivity index (χ0n) is 28.4. The number of hydrogen-bond donors (Lipinski definition) is 2. The zero-order chi connectivity index (χ0) is 34.4. The number of benzene rings is 1. The first-order valence-electron chi connectivity index (χ1n) is 17.9. The van der Waals surface area contributed by atoms with E-state index in [2.05, 4.69) is 10.2 Å². The molecule has 0 bridgehead atoms. The number of hydrogen-bond acceptors (Lipinski definition) is 9. The molecule has 0 saturated carbocycles. The van der Waals surface area contributed by atoms with Crippen LogP contribution in [0.1, 0.15) is 57.1 Å². The van der Waals surface area contributed by atoms with Gasteiger partial charge in [-0.2, -0.15) is 0 Å². The normalized spacial score (nSPS) is 33.1. The van der Waals surface area contributed by atoms with Crippen LogP contribution in [0.2, 0.25) is 0 Å². The number of aliphatic hydroxyl groups is 1. The Balaban J connectivity index is 1.34. The third-order valence-corrected chi connectivity index (χ3v) is 10.5. The van der Waals surface area contributed by atoms with Crippen molar-refractivity contribution in [3.8, 4) is 0 Å². The van der Waals surface area contributed by atoms with Gasteiger partial charge in [-0.1, -0.05) is 67.5 Å². The molecule has 1 spiro atoms. The maximum Gasteiger partial charge on any atom is 0.313 e. The highest BCUT2D eigenvalue weighted by Gasteiger charge is 2.71. The molecule has 0 aliphatic carbocycles. The van der Waals surface area contributed by atoms with Gasteiger partial charge in [0.25, 0.3) is 0 Å². The van der Waals surface area contributed by atoms with E-state index < -0.39 is 47.7 Å². The number of carbonyl (C=O) groups excluding carboxylic acids is 4. The molecule has 12 heteroatoms. The first-order valence-corrected chi connectivity index (χ1v) is 17.9. The van der Waals surface area contributed by atoms with Gasteiger partial charge in [-0.25, -0.2) is 0 Å². The SMILES string of the molecule is C[C@H]1NC(=O)CC/C=C\[C@H]2O[C@]34C=CCN(CCN5CCOCC5)C(=O)[C@H]3N(CCCCCCO)C(=O)[C@@H]4[C@H]2C(=O)O[C@@H]1c1ccccc1. The number of carbonyl (C=O) groups is 4. The number of rotatable bonds is 10. The molecule has 5 aliphatic heterocycles. The smallest absolute Gasteiger partial charge is 0.313 e. The highest BCUT2D eigenvalue weighted by atomic mass is 16.6. The quantitative estimate of drug-likeness (QED) is 0.216. The number of nitrogens with zero attached hydrogens (tertiary/aromatic N) is 3. The summed E-state index contributed by atoms with van der Waals surface area (Å²) in [5.41, 5.74) is -0.643. The van der Waals surface area contributed by atoms with Gasteiger partial charge in [-0.3, -0.25) is 24.1 Å². The molecular weight excluding hydrogens is 628 g/mol. The first-order chi connectivity index (χ1) is 23.8. The van der Waals surface area contributed by atoms with Crippen LogP contribution in [-0.2, 0) is 33.4 Å². The van der Waals surface area contributed by atoms with Gasteiger partial charge in [0.2, 0.25) is 17.7 Å². The number of amides is 3. The van der Waals surface area contributed by atoms with Crippen molar-refractivity contribution in [1.82, 2.24) is 20.0 Å². The van der Waals surface area contributed by atoms with E-state index in [0.29, 0.717) is 58.7 Å². The molecule has 1 aromatic rings. The minimum absolute atomic E-state index is 0.108. The third kappa shape index (κ3) is 7.47. The molecule has 5 aliphatic rings. The van der Waals surface area contributed by atoms with Crippen LogP contribution in [0.5, 0.6) is 0 Å². The van der Waals surface area contributed by atoms with Crippen LogP contribution in [-0.4, -0.2) is 126 Å². The number of ether oxygens (including phenoxy) is 3. The summed E-state index contributed by atoms with van der Waals surface area (Å²) in [6.45, 7) is 6.73. The molecule has 5 heterocycles. The molecule has 0 radical (unpaired) electrons. The van der Waals surface area contributed by atoms with Crippen LogP contribution in [0.4, 0.5) is 0 Å². The van der Waals surface area contributed by atoms with Crippen molar-refractivity contribution in [2.45, 2.75) is 75.3 Å². The standard InChI is InChI=1S/C37H50N4O8/c1-26-32(27-12-5-4-6-13-27)48-36(46)30-28(14-7-8-15-29(43)38-26)49-37-16-11-17-40(20-19-39-21-24-47-25-22-39)35(45)33(37)41(34(44)31(30)37)18-9-2-3-10-23-42/h4-7,11-14,16,26,28,30-33,42H,2-3,8-10,15,17-25H2,1H3,(H,38,43)/b14-7-/t26-,28-,30+,31+,32+,33-,37+/m1/s1. The maximum absolute atomic E-state index is 14.7. The number of aliphatic hydroxyl groups excluding tert-OH is 1. The average molecular weight is 679 g/mol. The molecule has 266 valence electrons. The van der Waals surface area contributed by atoms with Crippen LogP contribution in [0.3, 0.4) is 0 Å². The lowest BCUT2D eigenvalue weighted by atomic mass is 9.77. The fraction of sp³-hybridized carbons (Fsp3) is 0.622. The summed E-state index contributed by atoms with van der Waals surface area (Å²) >= 11 is 0. The summed E-state index contributed by atoms with van der Waals surface area (Å²) in [7, 11) is 0. The van der Waals surface area contributed by atoms with Crippen LogP contribution >= 0.6 is 0 Å². The highest BCUT2D eigenvalue weighted by Crippen LogP contribution is 2.53. The second kappa shape index (κ2) is 16.0. The Kier molecular flexibility index (Phi) is 11.5. The van der Waals surface area contributed by atoms with E-state index in [1.54, 1.807) is 15.9 Å². The predicted molar refractivity (Wildman–Crippen MR) is 180 cm³/mol. The van der Waals surface area contributed by atoms with E-state index in [-0.39, 0.29) is 30.7 Å². The summed E-state index contributed by atoms with van der Waals surface area (Å²) in [5, 5.41) is 12.3. The van der Waals surface area contributed by atoms with Crippen molar-refractivity contribution in [3.05, 3.63) is 60.2 Å². The second-order valence-corrected chi connectivity index (χ2v) is 13.7. The summed E-state index contributed by atoms with van der Waals surface area (Å²) in [6.07, 6.45) is 9.31. The van der Waals surface area contributed by atoms with Gasteiger partial charge in [0.15, 0.2) is 0 Å². The van der Waals surface area contributed by atoms with E-state index in [0.717, 1.165) is 31.5 Å². The Morgan fingerprint density at radius 2 is 1.71 bits per heavy atom. The maximum atomic E-state index is 14.7. The third-order valence-electron chi connectivity index (χ3n) is 10.5. The van der Waals surface area contributed by atoms with Crippen LogP contribution in [0.15, 0.2) is 54.6 Å². The van der Waals surface area contributed by atoms with Gasteiger partial charge in [-0.05, 0) is 31.7 Å². The average Bonchev–Trinajstić information content (AvgIpc) is 3.49. The van der Waals surface area contributed by atoms with E-state index in [1.165, 1.54) is 0 Å². The molecule has 2 N–H and O–H groups in total. The number of esters is 1. The number of cyclic esters (lactones) is 1. The number of morpholine rings is 1. The summed E-state index contributed by atoms with van der Waals surface area (Å²) < 4.78 is 18.6. The molecule has 12 nitrogen and oxygen atoms in total. The summed E-state index contributed by atoms with van der Waals surface area (Å²) in [5.74, 6) is -3.21. The fourth-order valence-electron chi connectivity index (χ4n) is 8.03. The summed E-state index contributed by atoms with van der Waals surface area (Å²) in [4.78, 5) is 62.2. The van der Waals surface area contributed by atoms with E-state index in [9.17, 15) is 24.3 Å². The number of likely N-dealkylation sites (tertiary alicyclic amines) is 1. The number of nitrogens with one attached hydrogen (secondary N) is 1. The topological polar surface area (TPSA) is 138 Å². The van der Waals surface area contributed by atoms with E-state index in [1.807, 2.05) is 55.5 Å². The Morgan fingerprint density at radius 3 is 2.49 bits per heavy atom. The minimum Gasteiger partial charge on any atom is -0.455 e. The molecule has 0 aromatic heterocycles. The second-order valence-electron chi connectivity index (χ2n) is 13.7. The van der Waals surface area contributed by atoms with E-state index >= 15 is 0 Å². The van der Waals surface area contributed by atoms with Gasteiger partial charge in [0.1, 0.15) is 23.7 Å². The Hall–Kier alpha value is -3.58. The molecular formula is C37H50N4O8. The number of fused-ring (bicyclic) bond motifs is 2. The number of unbranched alkanes of at least 4 members (excludes halogenated alkanes) is 3. The van der Waals surface area contributed by atoms with E-state index in [4.69, 9.17) is 14.2 Å². The fourth-order valence-corrected chi connectivity index (χ4v) is 8.03. The van der Waals surface area contributed by atoms with Crippen molar-refractivity contribution in [3.63, 3.8) is 0 Å².